The van der Waals surface area contributed by atoms with Crippen molar-refractivity contribution in [3.8, 4) is 17.7 Å². The number of hydrogen-bond acceptors (Lipinski definition) is 6. The van der Waals surface area contributed by atoms with Crippen molar-refractivity contribution < 1.29 is 10.1 Å². The average Bonchev–Trinajstić information content (AvgIpc) is 2.91. The van der Waals surface area contributed by atoms with Crippen LogP contribution in [0.2, 0.25) is 0 Å². The third kappa shape index (κ3) is 5.07. The number of thioether (sulfide) groups is 1. The number of H-pyrrole nitrogens is 1. The Morgan fingerprint density at radius 3 is 3.13 bits per heavy atom. The molecule has 0 saturated heterocycles. The van der Waals surface area contributed by atoms with Gasteiger partial charge in [0.25, 0.3) is 0 Å². The predicted octanol–water partition coefficient (Wildman–Crippen LogP) is 2.91. The molecule has 23 heavy (non-hydrogen) atoms. The molecule has 0 spiro atoms. The lowest BCUT2D eigenvalue weighted by Crippen LogP contribution is -2.17. The lowest BCUT2D eigenvalue weighted by Gasteiger charge is -2.09. The molecule has 0 amide bonds. The molecule has 9 heteroatoms. The number of rotatable bonds is 5. The van der Waals surface area contributed by atoms with Crippen molar-refractivity contribution in [2.75, 3.05) is 5.75 Å². The molecule has 0 atom stereocenters. The number of benzene rings is 1. The standard InChI is InChI=1S/C14H14N4O2S3/c1-10(21)15-9-11-4-2-5-12(8-11)18-13(22)16-17-14(18)23-7-3-6-20-19/h2,4-5,8,19H,7,9H2,1H3,(H,15,21)(H,16,22). The van der Waals surface area contributed by atoms with Crippen molar-refractivity contribution >= 4 is 41.2 Å². The Kier molecular flexibility index (Phi) is 6.61. The second-order valence-electron chi connectivity index (χ2n) is 4.39. The molecule has 0 fully saturated rings. The third-order valence-corrected chi connectivity index (χ3v) is 3.98. The van der Waals surface area contributed by atoms with Crippen LogP contribution in [0.25, 0.3) is 5.69 Å². The van der Waals surface area contributed by atoms with E-state index in [1.807, 2.05) is 35.8 Å². The van der Waals surface area contributed by atoms with Crippen LogP contribution in [0, 0.1) is 16.8 Å². The van der Waals surface area contributed by atoms with E-state index in [9.17, 15) is 0 Å². The number of thiocarbonyl (C=S) groups is 1. The van der Waals surface area contributed by atoms with E-state index in [2.05, 4.69) is 32.4 Å². The maximum Gasteiger partial charge on any atom is 0.200 e. The monoisotopic (exact) mass is 366 g/mol. The molecule has 0 saturated carbocycles. The maximum absolute atomic E-state index is 8.18. The lowest BCUT2D eigenvalue weighted by atomic mass is 10.2. The second-order valence-corrected chi connectivity index (χ2v) is 6.33. The first-order valence-electron chi connectivity index (χ1n) is 6.54. The van der Waals surface area contributed by atoms with Crippen LogP contribution in [0.3, 0.4) is 0 Å². The molecule has 120 valence electrons. The number of nitrogens with one attached hydrogen (secondary N) is 2. The summed E-state index contributed by atoms with van der Waals surface area (Å²) in [6.07, 6.45) is 2.11. The number of nitrogens with zero attached hydrogens (tertiary/aromatic N) is 2. The van der Waals surface area contributed by atoms with Crippen LogP contribution >= 0.6 is 36.2 Å². The molecule has 0 aliphatic carbocycles. The first-order chi connectivity index (χ1) is 11.1. The Bertz CT molecular complexity index is 804. The van der Waals surface area contributed by atoms with Crippen LogP contribution in [-0.2, 0) is 11.4 Å². The van der Waals surface area contributed by atoms with Gasteiger partial charge in [-0.25, -0.2) is 0 Å². The minimum absolute atomic E-state index is 0.408. The Hall–Kier alpha value is -1.86. The molecule has 1 heterocycles. The highest BCUT2D eigenvalue weighted by atomic mass is 32.2. The Balaban J connectivity index is 2.24. The van der Waals surface area contributed by atoms with Crippen molar-refractivity contribution in [3.05, 3.63) is 34.6 Å². The third-order valence-electron chi connectivity index (χ3n) is 2.74. The van der Waals surface area contributed by atoms with Crippen molar-refractivity contribution in [1.82, 2.24) is 20.1 Å². The van der Waals surface area contributed by atoms with Crippen LogP contribution in [0.5, 0.6) is 0 Å². The smallest absolute Gasteiger partial charge is 0.200 e. The predicted molar refractivity (Wildman–Crippen MR) is 96.1 cm³/mol. The van der Waals surface area contributed by atoms with Gasteiger partial charge in [-0.3, -0.25) is 14.6 Å². The minimum atomic E-state index is 0.408. The van der Waals surface area contributed by atoms with E-state index < -0.39 is 0 Å². The van der Waals surface area contributed by atoms with Gasteiger partial charge in [-0.2, -0.15) is 5.26 Å². The summed E-state index contributed by atoms with van der Waals surface area (Å²) in [6.45, 7) is 2.49. The molecule has 0 aliphatic rings. The van der Waals surface area contributed by atoms with Crippen molar-refractivity contribution in [3.63, 3.8) is 0 Å². The highest BCUT2D eigenvalue weighted by molar-refractivity contribution is 7.99. The summed E-state index contributed by atoms with van der Waals surface area (Å²) in [5, 5.41) is 19.0. The van der Waals surface area contributed by atoms with Crippen LogP contribution in [0.4, 0.5) is 0 Å². The molecule has 1 aromatic heterocycles. The molecular formula is C14H14N4O2S3. The van der Waals surface area contributed by atoms with E-state index in [1.54, 1.807) is 0 Å². The summed E-state index contributed by atoms with van der Waals surface area (Å²) in [5.74, 6) is 3.04. The summed E-state index contributed by atoms with van der Waals surface area (Å²) in [7, 11) is 0. The van der Waals surface area contributed by atoms with E-state index in [0.717, 1.165) is 16.2 Å². The largest absolute Gasteiger partial charge is 0.376 e. The Morgan fingerprint density at radius 2 is 2.39 bits per heavy atom. The van der Waals surface area contributed by atoms with Gasteiger partial charge < -0.3 is 5.32 Å². The number of hydrogen-bond donors (Lipinski definition) is 3. The van der Waals surface area contributed by atoms with E-state index in [4.69, 9.17) is 29.7 Å². The Morgan fingerprint density at radius 1 is 1.57 bits per heavy atom. The van der Waals surface area contributed by atoms with Crippen molar-refractivity contribution in [2.45, 2.75) is 18.6 Å². The summed E-state index contributed by atoms with van der Waals surface area (Å²) >= 11 is 11.7. The molecule has 1 aromatic carbocycles. The van der Waals surface area contributed by atoms with E-state index in [1.165, 1.54) is 11.8 Å². The molecule has 2 rings (SSSR count). The molecule has 0 unspecified atom stereocenters. The lowest BCUT2D eigenvalue weighted by molar-refractivity contribution is -0.171. The average molecular weight is 366 g/mol. The number of aromatic amines is 1. The van der Waals surface area contributed by atoms with Gasteiger partial charge in [0.2, 0.25) is 4.77 Å². The molecule has 3 N–H and O–H groups in total. The number of aromatic nitrogens is 3. The summed E-state index contributed by atoms with van der Waals surface area (Å²) in [4.78, 5) is 4.46. The van der Waals surface area contributed by atoms with E-state index in [-0.39, 0.29) is 0 Å². The van der Waals surface area contributed by atoms with Gasteiger partial charge >= 0.3 is 0 Å². The maximum atomic E-state index is 8.18. The second kappa shape index (κ2) is 8.69. The van der Waals surface area contributed by atoms with Crippen molar-refractivity contribution in [2.24, 2.45) is 0 Å². The topological polar surface area (TPSA) is 75.1 Å². The highest BCUT2D eigenvalue weighted by Gasteiger charge is 2.09. The summed E-state index contributed by atoms with van der Waals surface area (Å²) in [6, 6.07) is 7.93. The van der Waals surface area contributed by atoms with Crippen LogP contribution in [0.15, 0.2) is 29.4 Å². The van der Waals surface area contributed by atoms with Gasteiger partial charge in [0.15, 0.2) is 11.3 Å². The molecule has 0 aliphatic heterocycles. The van der Waals surface area contributed by atoms with Gasteiger partial charge in [-0.15, -0.1) is 5.10 Å². The first kappa shape index (κ1) is 17.5. The minimum Gasteiger partial charge on any atom is -0.376 e. The first-order valence-corrected chi connectivity index (χ1v) is 8.34. The normalized spacial score (nSPS) is 9.83. The van der Waals surface area contributed by atoms with Crippen LogP contribution in [0.1, 0.15) is 12.5 Å². The van der Waals surface area contributed by atoms with Crippen molar-refractivity contribution in [1.29, 1.82) is 0 Å². The molecule has 0 radical (unpaired) electrons. The fraction of sp³-hybridized carbons (Fsp3) is 0.214. The molecule has 2 aromatic rings. The van der Waals surface area contributed by atoms with E-state index in [0.29, 0.717) is 22.2 Å². The summed E-state index contributed by atoms with van der Waals surface area (Å²) < 4.78 is 2.32. The van der Waals surface area contributed by atoms with Gasteiger partial charge in [-0.05, 0) is 42.8 Å². The SMILES string of the molecule is CC(=S)NCc1cccc(-n2c(SCC#COO)n[nH]c2=S)c1. The summed E-state index contributed by atoms with van der Waals surface area (Å²) in [5.41, 5.74) is 1.98. The zero-order valence-electron chi connectivity index (χ0n) is 12.2. The van der Waals surface area contributed by atoms with Gasteiger partial charge in [0, 0.05) is 6.54 Å². The van der Waals surface area contributed by atoms with Crippen LogP contribution in [-0.4, -0.2) is 30.8 Å². The van der Waals surface area contributed by atoms with E-state index >= 15 is 0 Å². The molecule has 0 bridgehead atoms. The van der Waals surface area contributed by atoms with Gasteiger partial charge in [0.05, 0.1) is 16.4 Å². The van der Waals surface area contributed by atoms with Crippen LogP contribution < -0.4 is 5.32 Å². The van der Waals surface area contributed by atoms with Gasteiger partial charge in [-0.1, -0.05) is 36.1 Å². The zero-order valence-corrected chi connectivity index (χ0v) is 14.6. The molecular weight excluding hydrogens is 352 g/mol. The zero-order chi connectivity index (χ0) is 16.7. The van der Waals surface area contributed by atoms with Gasteiger partial charge in [0.1, 0.15) is 0 Å². The fourth-order valence-corrected chi connectivity index (χ4v) is 2.87. The fourth-order valence-electron chi connectivity index (χ4n) is 1.80. The quantitative estimate of drug-likeness (QED) is 0.247. The Labute approximate surface area is 148 Å². The highest BCUT2D eigenvalue weighted by Crippen LogP contribution is 2.20. The molecule has 6 nitrogen and oxygen atoms in total.